The van der Waals surface area contributed by atoms with Crippen molar-refractivity contribution >= 4 is 0 Å². The minimum Gasteiger partial charge on any atom is -0.504 e. The number of hydrogen-bond donors (Lipinski definition) is 0. The van der Waals surface area contributed by atoms with Crippen LogP contribution in [0.3, 0.4) is 0 Å². The van der Waals surface area contributed by atoms with Crippen molar-refractivity contribution in [3.8, 4) is 0 Å². The fourth-order valence-electron chi connectivity index (χ4n) is 1.76. The molecule has 0 saturated heterocycles. The smallest absolute Gasteiger partial charge is 0.0859 e. The van der Waals surface area contributed by atoms with Gasteiger partial charge in [-0.05, 0) is 36.8 Å². The highest BCUT2D eigenvalue weighted by molar-refractivity contribution is 5.42. The van der Waals surface area contributed by atoms with E-state index in [9.17, 15) is 0 Å². The molecule has 1 aliphatic rings. The summed E-state index contributed by atoms with van der Waals surface area (Å²) in [7, 11) is 1.71. The van der Waals surface area contributed by atoms with Gasteiger partial charge in [-0.3, -0.25) is 0 Å². The first-order chi connectivity index (χ1) is 5.49. The molecule has 0 N–H and O–H groups in total. The molecule has 1 heteroatoms. The monoisotopic (exact) mass is 166 g/mol. The summed E-state index contributed by atoms with van der Waals surface area (Å²) in [6.45, 7) is 8.95. The summed E-state index contributed by atoms with van der Waals surface area (Å²) in [5.74, 6) is 0. The van der Waals surface area contributed by atoms with Crippen molar-refractivity contribution in [3.05, 3.63) is 23.0 Å². The van der Waals surface area contributed by atoms with Crippen molar-refractivity contribution in [2.24, 2.45) is 5.41 Å². The Hall–Kier alpha value is -0.720. The average Bonchev–Trinajstić information content (AvgIpc) is 2.16. The maximum Gasteiger partial charge on any atom is 0.0859 e. The molecular weight excluding hydrogens is 148 g/mol. The highest BCUT2D eigenvalue weighted by atomic mass is 16.5. The van der Waals surface area contributed by atoms with Crippen LogP contribution in [0.5, 0.6) is 0 Å². The van der Waals surface area contributed by atoms with Gasteiger partial charge in [0.25, 0.3) is 0 Å². The average molecular weight is 166 g/mol. The SMILES string of the molecule is COC=C1CC(C)(C)C(C)=C1C. The lowest BCUT2D eigenvalue weighted by atomic mass is 9.86. The summed E-state index contributed by atoms with van der Waals surface area (Å²) >= 11 is 0. The highest BCUT2D eigenvalue weighted by Gasteiger charge is 2.30. The maximum absolute atomic E-state index is 5.04. The van der Waals surface area contributed by atoms with Crippen LogP contribution in [0.15, 0.2) is 23.0 Å². The first-order valence-corrected chi connectivity index (χ1v) is 4.39. The molecule has 0 radical (unpaired) electrons. The zero-order valence-electron chi connectivity index (χ0n) is 8.69. The van der Waals surface area contributed by atoms with Crippen LogP contribution in [0.4, 0.5) is 0 Å². The molecule has 0 spiro atoms. The lowest BCUT2D eigenvalue weighted by Crippen LogP contribution is -2.07. The van der Waals surface area contributed by atoms with Crippen LogP contribution in [0.25, 0.3) is 0 Å². The predicted molar refractivity (Wildman–Crippen MR) is 51.9 cm³/mol. The molecule has 0 atom stereocenters. The maximum atomic E-state index is 5.04. The Balaban J connectivity index is 2.99. The van der Waals surface area contributed by atoms with Gasteiger partial charge in [-0.25, -0.2) is 0 Å². The molecule has 0 saturated carbocycles. The molecule has 0 aliphatic heterocycles. The molecule has 1 nitrogen and oxygen atoms in total. The molecule has 0 heterocycles. The molecule has 0 amide bonds. The van der Waals surface area contributed by atoms with Crippen LogP contribution in [0, 0.1) is 5.41 Å². The molecule has 0 aromatic carbocycles. The molecule has 0 aromatic heterocycles. The zero-order chi connectivity index (χ0) is 9.35. The second-order valence-electron chi connectivity index (χ2n) is 4.19. The van der Waals surface area contributed by atoms with Crippen LogP contribution in [-0.2, 0) is 4.74 Å². The summed E-state index contributed by atoms with van der Waals surface area (Å²) in [4.78, 5) is 0. The predicted octanol–water partition coefficient (Wildman–Crippen LogP) is 3.28. The Kier molecular flexibility index (Phi) is 2.31. The van der Waals surface area contributed by atoms with Gasteiger partial charge >= 0.3 is 0 Å². The normalized spacial score (nSPS) is 25.2. The van der Waals surface area contributed by atoms with Gasteiger partial charge in [-0.1, -0.05) is 19.4 Å². The van der Waals surface area contributed by atoms with Gasteiger partial charge in [0, 0.05) is 0 Å². The van der Waals surface area contributed by atoms with Gasteiger partial charge in [0.2, 0.25) is 0 Å². The van der Waals surface area contributed by atoms with Gasteiger partial charge in [0.1, 0.15) is 0 Å². The molecule has 12 heavy (non-hydrogen) atoms. The van der Waals surface area contributed by atoms with Crippen molar-refractivity contribution in [3.63, 3.8) is 0 Å². The summed E-state index contributed by atoms with van der Waals surface area (Å²) < 4.78 is 5.04. The van der Waals surface area contributed by atoms with Crippen LogP contribution < -0.4 is 0 Å². The Morgan fingerprint density at radius 2 is 1.92 bits per heavy atom. The van der Waals surface area contributed by atoms with E-state index in [0.29, 0.717) is 5.41 Å². The second kappa shape index (κ2) is 2.96. The Morgan fingerprint density at radius 1 is 1.33 bits per heavy atom. The van der Waals surface area contributed by atoms with E-state index in [1.54, 1.807) is 7.11 Å². The molecular formula is C11H18O. The van der Waals surface area contributed by atoms with Gasteiger partial charge in [0.05, 0.1) is 13.4 Å². The standard InChI is InChI=1S/C11H18O/c1-8-9(2)11(3,4)6-10(8)7-12-5/h7H,6H2,1-5H3. The van der Waals surface area contributed by atoms with Crippen molar-refractivity contribution in [2.45, 2.75) is 34.1 Å². The van der Waals surface area contributed by atoms with Crippen LogP contribution >= 0.6 is 0 Å². The fraction of sp³-hybridized carbons (Fsp3) is 0.636. The van der Waals surface area contributed by atoms with Crippen LogP contribution in [0.2, 0.25) is 0 Å². The molecule has 0 fully saturated rings. The molecule has 0 bridgehead atoms. The Bertz CT molecular complexity index is 244. The third-order valence-electron chi connectivity index (χ3n) is 2.95. The van der Waals surface area contributed by atoms with Crippen molar-refractivity contribution in [1.82, 2.24) is 0 Å². The van der Waals surface area contributed by atoms with E-state index >= 15 is 0 Å². The molecule has 1 aliphatic carbocycles. The van der Waals surface area contributed by atoms with E-state index in [2.05, 4.69) is 27.7 Å². The first-order valence-electron chi connectivity index (χ1n) is 4.39. The quantitative estimate of drug-likeness (QED) is 0.543. The number of hydrogen-bond acceptors (Lipinski definition) is 1. The van der Waals surface area contributed by atoms with Gasteiger partial charge in [0.15, 0.2) is 0 Å². The van der Waals surface area contributed by atoms with E-state index in [0.717, 1.165) is 6.42 Å². The topological polar surface area (TPSA) is 9.23 Å². The van der Waals surface area contributed by atoms with Gasteiger partial charge < -0.3 is 4.74 Å². The van der Waals surface area contributed by atoms with Crippen molar-refractivity contribution < 1.29 is 4.74 Å². The van der Waals surface area contributed by atoms with Crippen molar-refractivity contribution in [1.29, 1.82) is 0 Å². The minimum absolute atomic E-state index is 0.328. The van der Waals surface area contributed by atoms with E-state index in [1.807, 2.05) is 6.26 Å². The lowest BCUT2D eigenvalue weighted by molar-refractivity contribution is 0.331. The summed E-state index contributed by atoms with van der Waals surface area (Å²) in [5, 5.41) is 0. The zero-order valence-corrected chi connectivity index (χ0v) is 8.69. The first kappa shape index (κ1) is 9.37. The van der Waals surface area contributed by atoms with E-state index in [4.69, 9.17) is 4.74 Å². The van der Waals surface area contributed by atoms with E-state index in [-0.39, 0.29) is 0 Å². The third-order valence-corrected chi connectivity index (χ3v) is 2.95. The second-order valence-corrected chi connectivity index (χ2v) is 4.19. The number of allylic oxidation sites excluding steroid dienone is 3. The minimum atomic E-state index is 0.328. The van der Waals surface area contributed by atoms with E-state index < -0.39 is 0 Å². The van der Waals surface area contributed by atoms with E-state index in [1.165, 1.54) is 16.7 Å². The largest absolute Gasteiger partial charge is 0.504 e. The lowest BCUT2D eigenvalue weighted by Gasteiger charge is -2.18. The summed E-state index contributed by atoms with van der Waals surface area (Å²) in [5.41, 5.74) is 4.57. The van der Waals surface area contributed by atoms with Gasteiger partial charge in [-0.2, -0.15) is 0 Å². The fourth-order valence-corrected chi connectivity index (χ4v) is 1.76. The highest BCUT2D eigenvalue weighted by Crippen LogP contribution is 2.44. The number of rotatable bonds is 1. The summed E-state index contributed by atoms with van der Waals surface area (Å²) in [6.07, 6.45) is 2.98. The van der Waals surface area contributed by atoms with Crippen LogP contribution in [0.1, 0.15) is 34.1 Å². The third kappa shape index (κ3) is 1.40. The molecule has 1 rings (SSSR count). The number of ether oxygens (including phenoxy) is 1. The molecule has 68 valence electrons. The Morgan fingerprint density at radius 3 is 2.25 bits per heavy atom. The summed E-state index contributed by atoms with van der Waals surface area (Å²) in [6, 6.07) is 0. The molecule has 0 aromatic rings. The Labute approximate surface area is 75.1 Å². The van der Waals surface area contributed by atoms with Gasteiger partial charge in [-0.15, -0.1) is 0 Å². The van der Waals surface area contributed by atoms with Crippen LogP contribution in [-0.4, -0.2) is 7.11 Å². The van der Waals surface area contributed by atoms with Crippen molar-refractivity contribution in [2.75, 3.05) is 7.11 Å². The number of methoxy groups -OCH3 is 1. The molecule has 0 unspecified atom stereocenters.